The van der Waals surface area contributed by atoms with Gasteiger partial charge in [-0.1, -0.05) is 11.6 Å². The summed E-state index contributed by atoms with van der Waals surface area (Å²) in [6, 6.07) is -0.220. The van der Waals surface area contributed by atoms with Gasteiger partial charge in [-0.25, -0.2) is 9.97 Å². The van der Waals surface area contributed by atoms with E-state index in [0.29, 0.717) is 30.6 Å². The molecule has 0 radical (unpaired) electrons. The summed E-state index contributed by atoms with van der Waals surface area (Å²) in [6.07, 6.45) is -4.63. The van der Waals surface area contributed by atoms with Gasteiger partial charge in [-0.05, 0) is 31.9 Å². The molecule has 3 heterocycles. The summed E-state index contributed by atoms with van der Waals surface area (Å²) in [5.74, 6) is -0.788. The van der Waals surface area contributed by atoms with Crippen molar-refractivity contribution in [3.8, 4) is 0 Å². The fourth-order valence-electron chi connectivity index (χ4n) is 3.38. The van der Waals surface area contributed by atoms with Crippen molar-refractivity contribution in [1.29, 1.82) is 0 Å². The molecule has 0 aliphatic carbocycles. The number of nitrogens with zero attached hydrogens (tertiary/aromatic N) is 6. The smallest absolute Gasteiger partial charge is 0.433 e. The number of carboxylic acid groups (broad SMARTS) is 1. The minimum absolute atomic E-state index is 0.0845. The number of hydrogen-bond donors (Lipinski definition) is 1. The second kappa shape index (κ2) is 8.21. The van der Waals surface area contributed by atoms with E-state index in [1.54, 1.807) is 4.90 Å². The van der Waals surface area contributed by atoms with Crippen LogP contribution in [0.5, 0.6) is 0 Å². The maximum Gasteiger partial charge on any atom is 0.433 e. The van der Waals surface area contributed by atoms with Crippen LogP contribution in [0.4, 0.5) is 24.9 Å². The third-order valence-electron chi connectivity index (χ3n) is 5.09. The van der Waals surface area contributed by atoms with Crippen molar-refractivity contribution in [2.24, 2.45) is 0 Å². The Kier molecular flexibility index (Phi) is 6.02. The van der Waals surface area contributed by atoms with Gasteiger partial charge in [0.05, 0.1) is 6.42 Å². The zero-order valence-corrected chi connectivity index (χ0v) is 17.3. The normalized spacial score (nSPS) is 17.4. The predicted molar refractivity (Wildman–Crippen MR) is 104 cm³/mol. The van der Waals surface area contributed by atoms with E-state index in [-0.39, 0.29) is 12.0 Å². The fraction of sp³-hybridized carbons (Fsp3) is 0.500. The van der Waals surface area contributed by atoms with E-state index >= 15 is 0 Å². The lowest BCUT2D eigenvalue weighted by Gasteiger charge is -2.40. The first-order valence-corrected chi connectivity index (χ1v) is 9.52. The first kappa shape index (κ1) is 22.0. The number of anilines is 2. The van der Waals surface area contributed by atoms with Crippen molar-refractivity contribution in [1.82, 2.24) is 20.2 Å². The van der Waals surface area contributed by atoms with Crippen LogP contribution in [0.3, 0.4) is 0 Å². The zero-order valence-electron chi connectivity index (χ0n) is 16.5. The molecule has 0 saturated carbocycles. The summed E-state index contributed by atoms with van der Waals surface area (Å²) in [4.78, 5) is 22.2. The van der Waals surface area contributed by atoms with Gasteiger partial charge in [0.2, 0.25) is 5.95 Å². The van der Waals surface area contributed by atoms with Crippen LogP contribution >= 0.6 is 11.6 Å². The molecule has 0 spiro atoms. The molecule has 1 aliphatic heterocycles. The van der Waals surface area contributed by atoms with Crippen LogP contribution in [0.25, 0.3) is 0 Å². The number of carboxylic acids is 1. The Bertz CT molecular complexity index is 972. The molecule has 0 aromatic carbocycles. The number of aromatic nitrogens is 4. The van der Waals surface area contributed by atoms with E-state index in [0.717, 1.165) is 17.3 Å². The molecule has 1 N–H and O–H groups in total. The highest BCUT2D eigenvalue weighted by atomic mass is 35.5. The van der Waals surface area contributed by atoms with E-state index in [2.05, 4.69) is 20.2 Å². The monoisotopic (exact) mass is 444 g/mol. The predicted octanol–water partition coefficient (Wildman–Crippen LogP) is 2.90. The summed E-state index contributed by atoms with van der Waals surface area (Å²) in [7, 11) is 0. The van der Waals surface area contributed by atoms with Crippen molar-refractivity contribution in [2.75, 3.05) is 29.4 Å². The number of hydrogen-bond acceptors (Lipinski definition) is 7. The standard InChI is InChI=1S/C18H20ClF3N6O2/c1-9-8-27(16-11(3)10(2)15(19)25-26-16)4-5-28(9)17-23-7-12(6-13(29)30)14(24-17)18(20,21)22/h7,9H,4-6,8H2,1-3H3,(H,29,30). The van der Waals surface area contributed by atoms with Crippen LogP contribution < -0.4 is 9.80 Å². The topological polar surface area (TPSA) is 95.3 Å². The second-order valence-corrected chi connectivity index (χ2v) is 7.52. The molecular formula is C18H20ClF3N6O2. The van der Waals surface area contributed by atoms with E-state index in [4.69, 9.17) is 16.7 Å². The SMILES string of the molecule is Cc1c(Cl)nnc(N2CCN(c3ncc(CC(=O)O)c(C(F)(F)F)n3)C(C)C2)c1C. The number of rotatable bonds is 4. The largest absolute Gasteiger partial charge is 0.481 e. The highest BCUT2D eigenvalue weighted by Crippen LogP contribution is 2.32. The van der Waals surface area contributed by atoms with Crippen LogP contribution in [0.2, 0.25) is 5.15 Å². The number of aliphatic carboxylic acids is 1. The van der Waals surface area contributed by atoms with Crippen LogP contribution in [-0.4, -0.2) is 56.9 Å². The molecule has 3 rings (SSSR count). The van der Waals surface area contributed by atoms with E-state index in [9.17, 15) is 18.0 Å². The van der Waals surface area contributed by atoms with Crippen LogP contribution in [0.1, 0.15) is 29.3 Å². The van der Waals surface area contributed by atoms with Crippen molar-refractivity contribution >= 4 is 29.3 Å². The van der Waals surface area contributed by atoms with Gasteiger partial charge in [-0.3, -0.25) is 4.79 Å². The molecule has 1 fully saturated rings. The maximum atomic E-state index is 13.4. The summed E-state index contributed by atoms with van der Waals surface area (Å²) < 4.78 is 40.2. The van der Waals surface area contributed by atoms with E-state index in [1.807, 2.05) is 25.7 Å². The van der Waals surface area contributed by atoms with Crippen molar-refractivity contribution < 1.29 is 23.1 Å². The van der Waals surface area contributed by atoms with Gasteiger partial charge in [0, 0.05) is 37.4 Å². The Morgan fingerprint density at radius 1 is 1.27 bits per heavy atom. The molecule has 2 aromatic heterocycles. The first-order valence-electron chi connectivity index (χ1n) is 9.15. The van der Waals surface area contributed by atoms with Gasteiger partial charge in [0.1, 0.15) is 0 Å². The number of halogens is 4. The minimum atomic E-state index is -4.78. The Labute approximate surface area is 175 Å². The lowest BCUT2D eigenvalue weighted by atomic mass is 10.1. The highest BCUT2D eigenvalue weighted by molar-refractivity contribution is 6.30. The zero-order chi connectivity index (χ0) is 22.2. The van der Waals surface area contributed by atoms with Crippen molar-refractivity contribution in [3.05, 3.63) is 33.7 Å². The van der Waals surface area contributed by atoms with Gasteiger partial charge in [0.15, 0.2) is 16.7 Å². The van der Waals surface area contributed by atoms with E-state index < -0.39 is 29.8 Å². The number of alkyl halides is 3. The lowest BCUT2D eigenvalue weighted by Crippen LogP contribution is -2.53. The maximum absolute atomic E-state index is 13.4. The molecule has 1 atom stereocenters. The molecule has 30 heavy (non-hydrogen) atoms. The lowest BCUT2D eigenvalue weighted by molar-refractivity contribution is -0.142. The molecular weight excluding hydrogens is 425 g/mol. The van der Waals surface area contributed by atoms with Gasteiger partial charge in [0.25, 0.3) is 0 Å². The summed E-state index contributed by atoms with van der Waals surface area (Å²) >= 11 is 6.01. The quantitative estimate of drug-likeness (QED) is 0.769. The summed E-state index contributed by atoms with van der Waals surface area (Å²) in [5, 5.41) is 17.3. The van der Waals surface area contributed by atoms with Gasteiger partial charge >= 0.3 is 12.1 Å². The fourth-order valence-corrected chi connectivity index (χ4v) is 3.56. The number of piperazine rings is 1. The Balaban J connectivity index is 1.85. The molecule has 12 heteroatoms. The first-order chi connectivity index (χ1) is 14.0. The Hall–Kier alpha value is -2.69. The molecule has 1 aliphatic rings. The molecule has 2 aromatic rings. The third-order valence-corrected chi connectivity index (χ3v) is 5.44. The molecule has 0 bridgehead atoms. The highest BCUT2D eigenvalue weighted by Gasteiger charge is 2.38. The van der Waals surface area contributed by atoms with Crippen molar-refractivity contribution in [3.63, 3.8) is 0 Å². The molecule has 1 unspecified atom stereocenters. The Morgan fingerprint density at radius 3 is 2.57 bits per heavy atom. The van der Waals surface area contributed by atoms with Gasteiger partial charge in [-0.15, -0.1) is 10.2 Å². The average molecular weight is 445 g/mol. The molecule has 1 saturated heterocycles. The minimum Gasteiger partial charge on any atom is -0.481 e. The molecule has 162 valence electrons. The van der Waals surface area contributed by atoms with Crippen LogP contribution in [0, 0.1) is 13.8 Å². The van der Waals surface area contributed by atoms with Crippen LogP contribution in [0.15, 0.2) is 6.20 Å². The molecule has 0 amide bonds. The van der Waals surface area contributed by atoms with Gasteiger partial charge in [-0.2, -0.15) is 13.2 Å². The number of carbonyl (C=O) groups is 1. The van der Waals surface area contributed by atoms with Gasteiger partial charge < -0.3 is 14.9 Å². The second-order valence-electron chi connectivity index (χ2n) is 7.16. The van der Waals surface area contributed by atoms with Crippen molar-refractivity contribution in [2.45, 2.75) is 39.4 Å². The Morgan fingerprint density at radius 2 is 1.97 bits per heavy atom. The summed E-state index contributed by atoms with van der Waals surface area (Å²) in [5.41, 5.74) is 0.0281. The van der Waals surface area contributed by atoms with Crippen LogP contribution in [-0.2, 0) is 17.4 Å². The molecule has 8 nitrogen and oxygen atoms in total. The average Bonchev–Trinajstić information content (AvgIpc) is 2.65. The third kappa shape index (κ3) is 4.40. The van der Waals surface area contributed by atoms with E-state index in [1.165, 1.54) is 0 Å². The summed E-state index contributed by atoms with van der Waals surface area (Å²) in [6.45, 7) is 6.89.